The fraction of sp³-hybridized carbons (Fsp3) is 0.0588. The number of fused-ring (bicyclic) bond motifs is 2. The first kappa shape index (κ1) is 13.9. The van der Waals surface area contributed by atoms with E-state index in [2.05, 4.69) is 0 Å². The van der Waals surface area contributed by atoms with Gasteiger partial charge in [0.05, 0.1) is 11.1 Å². The van der Waals surface area contributed by atoms with Crippen molar-refractivity contribution in [3.05, 3.63) is 58.2 Å². The highest BCUT2D eigenvalue weighted by Crippen LogP contribution is 2.39. The maximum absolute atomic E-state index is 12.6. The average Bonchev–Trinajstić information content (AvgIpc) is 2.43. The van der Waals surface area contributed by atoms with Crippen LogP contribution in [0.5, 0.6) is 17.2 Å². The van der Waals surface area contributed by atoms with Crippen molar-refractivity contribution < 1.29 is 24.9 Å². The van der Waals surface area contributed by atoms with Crippen LogP contribution < -0.4 is 0 Å². The van der Waals surface area contributed by atoms with Gasteiger partial charge in [-0.3, -0.25) is 9.59 Å². The number of hydrogen-bond donors (Lipinski definition) is 3. The molecule has 0 aromatic heterocycles. The summed E-state index contributed by atoms with van der Waals surface area (Å²) in [5.41, 5.74) is 0.214. The molecule has 0 aliphatic heterocycles. The second kappa shape index (κ2) is 4.73. The summed E-state index contributed by atoms with van der Waals surface area (Å²) in [6.07, 6.45) is 3.43. The van der Waals surface area contributed by atoms with Gasteiger partial charge in [0, 0.05) is 17.2 Å². The number of carbonyl (C=O) groups is 2. The van der Waals surface area contributed by atoms with Crippen LogP contribution in [0.1, 0.15) is 44.3 Å². The highest BCUT2D eigenvalue weighted by molar-refractivity contribution is 6.30. The van der Waals surface area contributed by atoms with Crippen LogP contribution in [0.3, 0.4) is 0 Å². The molecule has 110 valence electrons. The Morgan fingerprint density at radius 3 is 2.05 bits per heavy atom. The zero-order chi connectivity index (χ0) is 16.0. The van der Waals surface area contributed by atoms with Crippen molar-refractivity contribution in [2.75, 3.05) is 0 Å². The van der Waals surface area contributed by atoms with Crippen LogP contribution in [0.4, 0.5) is 0 Å². The SMILES string of the molecule is CC=Cc1cc(O)c2c(c1)C(=O)c1cc(O)cc(O)c1C2=O. The summed E-state index contributed by atoms with van der Waals surface area (Å²) < 4.78 is 0. The van der Waals surface area contributed by atoms with E-state index >= 15 is 0 Å². The number of phenols is 3. The van der Waals surface area contributed by atoms with E-state index in [-0.39, 0.29) is 33.8 Å². The Balaban J connectivity index is 2.34. The molecular weight excluding hydrogens is 284 g/mol. The van der Waals surface area contributed by atoms with Gasteiger partial charge in [-0.05, 0) is 30.7 Å². The standard InChI is InChI=1S/C17H12O5/c1-2-3-8-4-10-14(12(19)5-8)17(22)15-11(16(10)21)6-9(18)7-13(15)20/h2-7,18-20H,1H3. The van der Waals surface area contributed by atoms with E-state index in [4.69, 9.17) is 0 Å². The fourth-order valence-corrected chi connectivity index (χ4v) is 2.65. The number of benzene rings is 2. The van der Waals surface area contributed by atoms with Gasteiger partial charge in [-0.25, -0.2) is 0 Å². The normalized spacial score (nSPS) is 13.3. The second-order valence-electron chi connectivity index (χ2n) is 5.01. The Hall–Kier alpha value is -3.08. The van der Waals surface area contributed by atoms with Crippen LogP contribution in [0.25, 0.3) is 6.08 Å². The highest BCUT2D eigenvalue weighted by atomic mass is 16.3. The van der Waals surface area contributed by atoms with Crippen LogP contribution in [0.15, 0.2) is 30.3 Å². The van der Waals surface area contributed by atoms with Gasteiger partial charge in [0.1, 0.15) is 17.2 Å². The van der Waals surface area contributed by atoms with E-state index in [1.54, 1.807) is 19.1 Å². The lowest BCUT2D eigenvalue weighted by atomic mass is 9.82. The van der Waals surface area contributed by atoms with Crippen LogP contribution in [-0.2, 0) is 0 Å². The zero-order valence-corrected chi connectivity index (χ0v) is 11.6. The summed E-state index contributed by atoms with van der Waals surface area (Å²) in [6, 6.07) is 5.00. The summed E-state index contributed by atoms with van der Waals surface area (Å²) in [4.78, 5) is 25.1. The minimum atomic E-state index is -0.647. The number of aromatic hydroxyl groups is 3. The average molecular weight is 296 g/mol. The molecule has 3 N–H and O–H groups in total. The third-order valence-electron chi connectivity index (χ3n) is 3.54. The molecule has 0 atom stereocenters. The van der Waals surface area contributed by atoms with Gasteiger partial charge in [-0.15, -0.1) is 0 Å². The van der Waals surface area contributed by atoms with Gasteiger partial charge in [-0.1, -0.05) is 12.2 Å². The largest absolute Gasteiger partial charge is 0.508 e. The molecular formula is C17H12O5. The molecule has 1 aliphatic rings. The second-order valence-corrected chi connectivity index (χ2v) is 5.01. The van der Waals surface area contributed by atoms with Gasteiger partial charge in [0.15, 0.2) is 5.78 Å². The Labute approximate surface area is 125 Å². The molecule has 5 nitrogen and oxygen atoms in total. The van der Waals surface area contributed by atoms with Crippen molar-refractivity contribution >= 4 is 17.6 Å². The van der Waals surface area contributed by atoms with Gasteiger partial charge >= 0.3 is 0 Å². The fourth-order valence-electron chi connectivity index (χ4n) is 2.65. The van der Waals surface area contributed by atoms with E-state index < -0.39 is 17.3 Å². The summed E-state index contributed by atoms with van der Waals surface area (Å²) >= 11 is 0. The van der Waals surface area contributed by atoms with Crippen LogP contribution in [0.2, 0.25) is 0 Å². The number of hydrogen-bond acceptors (Lipinski definition) is 5. The summed E-state index contributed by atoms with van der Waals surface area (Å²) in [7, 11) is 0. The summed E-state index contributed by atoms with van der Waals surface area (Å²) in [6.45, 7) is 1.79. The molecule has 22 heavy (non-hydrogen) atoms. The van der Waals surface area contributed by atoms with Gasteiger partial charge in [-0.2, -0.15) is 0 Å². The third-order valence-corrected chi connectivity index (χ3v) is 3.54. The van der Waals surface area contributed by atoms with Crippen molar-refractivity contribution in [3.8, 4) is 17.2 Å². The van der Waals surface area contributed by atoms with Gasteiger partial charge in [0.2, 0.25) is 5.78 Å². The molecule has 0 amide bonds. The first-order chi connectivity index (χ1) is 10.4. The van der Waals surface area contributed by atoms with Crippen LogP contribution in [-0.4, -0.2) is 26.9 Å². The topological polar surface area (TPSA) is 94.8 Å². The smallest absolute Gasteiger partial charge is 0.201 e. The third kappa shape index (κ3) is 1.87. The van der Waals surface area contributed by atoms with E-state index in [1.807, 2.05) is 0 Å². The molecule has 2 aromatic rings. The molecule has 0 fully saturated rings. The molecule has 2 aromatic carbocycles. The van der Waals surface area contributed by atoms with Crippen LogP contribution >= 0.6 is 0 Å². The maximum Gasteiger partial charge on any atom is 0.201 e. The van der Waals surface area contributed by atoms with Gasteiger partial charge in [0.25, 0.3) is 0 Å². The molecule has 5 heteroatoms. The molecule has 0 unspecified atom stereocenters. The lowest BCUT2D eigenvalue weighted by Crippen LogP contribution is -2.21. The van der Waals surface area contributed by atoms with E-state index in [0.717, 1.165) is 12.1 Å². The van der Waals surface area contributed by atoms with E-state index in [1.165, 1.54) is 12.1 Å². The number of carbonyl (C=O) groups excluding carboxylic acids is 2. The minimum Gasteiger partial charge on any atom is -0.508 e. The van der Waals surface area contributed by atoms with Crippen molar-refractivity contribution in [1.82, 2.24) is 0 Å². The quantitative estimate of drug-likeness (QED) is 0.641. The van der Waals surface area contributed by atoms with E-state index in [0.29, 0.717) is 5.56 Å². The Bertz CT molecular complexity index is 862. The molecule has 3 rings (SSSR count). The molecule has 0 bridgehead atoms. The first-order valence-electron chi connectivity index (χ1n) is 6.59. The Kier molecular flexibility index (Phi) is 2.99. The predicted octanol–water partition coefficient (Wildman–Crippen LogP) is 2.61. The van der Waals surface area contributed by atoms with E-state index in [9.17, 15) is 24.9 Å². The lowest BCUT2D eigenvalue weighted by Gasteiger charge is -2.20. The minimum absolute atomic E-state index is 0.0515. The van der Waals surface area contributed by atoms with Gasteiger partial charge < -0.3 is 15.3 Å². The molecule has 1 aliphatic carbocycles. The van der Waals surface area contributed by atoms with Crippen molar-refractivity contribution in [3.63, 3.8) is 0 Å². The predicted molar refractivity (Wildman–Crippen MR) is 79.5 cm³/mol. The van der Waals surface area contributed by atoms with Crippen molar-refractivity contribution in [2.45, 2.75) is 6.92 Å². The number of phenolic OH excluding ortho intramolecular Hbond substituents is 3. The van der Waals surface area contributed by atoms with Crippen molar-refractivity contribution in [2.24, 2.45) is 0 Å². The first-order valence-corrected chi connectivity index (χ1v) is 6.59. The molecule has 0 heterocycles. The number of allylic oxidation sites excluding steroid dienone is 1. The Morgan fingerprint density at radius 1 is 0.818 bits per heavy atom. The Morgan fingerprint density at radius 2 is 1.41 bits per heavy atom. The monoisotopic (exact) mass is 296 g/mol. The number of rotatable bonds is 1. The molecule has 0 saturated heterocycles. The highest BCUT2D eigenvalue weighted by Gasteiger charge is 2.34. The summed E-state index contributed by atoms with van der Waals surface area (Å²) in [5.74, 6) is -2.29. The van der Waals surface area contributed by atoms with Crippen LogP contribution in [0, 0.1) is 0 Å². The number of ketones is 2. The maximum atomic E-state index is 12.6. The lowest BCUT2D eigenvalue weighted by molar-refractivity contribution is 0.0974. The molecule has 0 radical (unpaired) electrons. The summed E-state index contributed by atoms with van der Waals surface area (Å²) in [5, 5.41) is 29.5. The molecule has 0 spiro atoms. The molecule has 0 saturated carbocycles. The zero-order valence-electron chi connectivity index (χ0n) is 11.6. The van der Waals surface area contributed by atoms with Crippen molar-refractivity contribution in [1.29, 1.82) is 0 Å².